The van der Waals surface area contributed by atoms with E-state index in [1.807, 2.05) is 11.4 Å². The highest BCUT2D eigenvalue weighted by molar-refractivity contribution is 9.10. The molecule has 0 atom stereocenters. The summed E-state index contributed by atoms with van der Waals surface area (Å²) in [7, 11) is 0. The van der Waals surface area contributed by atoms with Crippen LogP contribution in [0.15, 0.2) is 34.1 Å². The first-order valence-electron chi connectivity index (χ1n) is 6.10. The molecule has 0 aliphatic heterocycles. The van der Waals surface area contributed by atoms with E-state index in [2.05, 4.69) is 33.1 Å². The number of rotatable bonds is 3. The van der Waals surface area contributed by atoms with Gasteiger partial charge in [0.2, 0.25) is 0 Å². The highest BCUT2D eigenvalue weighted by Gasteiger charge is 2.10. The second kappa shape index (κ2) is 7.36. The minimum atomic E-state index is -0.527. The van der Waals surface area contributed by atoms with E-state index in [0.29, 0.717) is 6.54 Å². The van der Waals surface area contributed by atoms with Crippen molar-refractivity contribution < 1.29 is 9.18 Å². The third-order valence-electron chi connectivity index (χ3n) is 2.66. The van der Waals surface area contributed by atoms with Crippen molar-refractivity contribution in [3.63, 3.8) is 0 Å². The number of hydrogen-bond acceptors (Lipinski definition) is 3. The summed E-state index contributed by atoms with van der Waals surface area (Å²) in [6.07, 6.45) is 0. The van der Waals surface area contributed by atoms with Crippen LogP contribution >= 0.6 is 27.3 Å². The molecule has 0 saturated carbocycles. The van der Waals surface area contributed by atoms with Crippen LogP contribution in [0, 0.1) is 17.7 Å². The smallest absolute Gasteiger partial charge is 0.251 e. The maximum atomic E-state index is 13.8. The molecule has 1 heterocycles. The van der Waals surface area contributed by atoms with Gasteiger partial charge in [0.15, 0.2) is 0 Å². The fourth-order valence-electron chi connectivity index (χ4n) is 1.62. The zero-order valence-electron chi connectivity index (χ0n) is 11.0. The quantitative estimate of drug-likeness (QED) is 0.820. The molecule has 0 saturated heterocycles. The van der Waals surface area contributed by atoms with Crippen molar-refractivity contribution in [2.45, 2.75) is 6.54 Å². The number of carbonyl (C=O) groups excluding carboxylic acids is 1. The van der Waals surface area contributed by atoms with Crippen LogP contribution in [0.5, 0.6) is 0 Å². The second-order valence-corrected chi connectivity index (χ2v) is 5.93. The molecule has 0 unspecified atom stereocenters. The lowest BCUT2D eigenvalue weighted by Crippen LogP contribution is -2.22. The monoisotopic (exact) mass is 366 g/mol. The molecule has 3 N–H and O–H groups in total. The largest absolute Gasteiger partial charge is 0.347 e. The Balaban J connectivity index is 2.06. The average molecular weight is 367 g/mol. The van der Waals surface area contributed by atoms with Crippen molar-refractivity contribution in [2.24, 2.45) is 5.73 Å². The fourth-order valence-corrected chi connectivity index (χ4v) is 3.05. The molecule has 2 aromatic rings. The number of carbonyl (C=O) groups is 1. The maximum Gasteiger partial charge on any atom is 0.251 e. The van der Waals surface area contributed by atoms with E-state index in [0.717, 1.165) is 9.35 Å². The Morgan fingerprint density at radius 2 is 2.24 bits per heavy atom. The van der Waals surface area contributed by atoms with Gasteiger partial charge in [-0.15, -0.1) is 11.3 Å². The molecule has 108 valence electrons. The van der Waals surface area contributed by atoms with Crippen molar-refractivity contribution in [2.75, 3.05) is 6.54 Å². The number of amides is 1. The van der Waals surface area contributed by atoms with Gasteiger partial charge in [-0.2, -0.15) is 0 Å². The molecule has 6 heteroatoms. The summed E-state index contributed by atoms with van der Waals surface area (Å²) in [4.78, 5) is 13.0. The van der Waals surface area contributed by atoms with Gasteiger partial charge in [0.25, 0.3) is 5.91 Å². The molecule has 2 rings (SSSR count). The van der Waals surface area contributed by atoms with Crippen molar-refractivity contribution in [1.82, 2.24) is 5.32 Å². The van der Waals surface area contributed by atoms with Crippen molar-refractivity contribution in [3.8, 4) is 11.8 Å². The van der Waals surface area contributed by atoms with E-state index < -0.39 is 5.82 Å². The van der Waals surface area contributed by atoms with E-state index >= 15 is 0 Å². The lowest BCUT2D eigenvalue weighted by molar-refractivity contribution is 0.0951. The van der Waals surface area contributed by atoms with Gasteiger partial charge >= 0.3 is 0 Å². The molecule has 1 amide bonds. The summed E-state index contributed by atoms with van der Waals surface area (Å²) in [5.41, 5.74) is 5.74. The van der Waals surface area contributed by atoms with Crippen LogP contribution in [0.3, 0.4) is 0 Å². The van der Waals surface area contributed by atoms with Crippen LogP contribution in [0.1, 0.15) is 20.8 Å². The first-order valence-corrected chi connectivity index (χ1v) is 7.77. The topological polar surface area (TPSA) is 55.1 Å². The standard InChI is InChI=1S/C15H12BrFN2OS/c16-12-5-7-21-14(12)9-19-15(20)11-4-3-10(2-1-6-18)13(17)8-11/h3-5,7-8H,6,9,18H2,(H,19,20). The lowest BCUT2D eigenvalue weighted by Gasteiger charge is -2.05. The molecule has 0 fully saturated rings. The molecule has 0 aliphatic rings. The van der Waals surface area contributed by atoms with E-state index in [-0.39, 0.29) is 23.6 Å². The molecule has 0 aliphatic carbocycles. The summed E-state index contributed by atoms with van der Waals surface area (Å²) in [5, 5.41) is 4.68. The first kappa shape index (κ1) is 15.7. The Morgan fingerprint density at radius 3 is 2.86 bits per heavy atom. The Morgan fingerprint density at radius 1 is 1.43 bits per heavy atom. The van der Waals surface area contributed by atoms with Crippen LogP contribution in [-0.2, 0) is 6.54 Å². The molecule has 1 aromatic heterocycles. The molecule has 0 spiro atoms. The third-order valence-corrected chi connectivity index (χ3v) is 4.58. The zero-order chi connectivity index (χ0) is 15.2. The summed E-state index contributed by atoms with van der Waals surface area (Å²) < 4.78 is 14.7. The second-order valence-electron chi connectivity index (χ2n) is 4.07. The highest BCUT2D eigenvalue weighted by atomic mass is 79.9. The molecule has 1 aromatic carbocycles. The summed E-state index contributed by atoms with van der Waals surface area (Å²) in [5.74, 6) is 4.34. The number of benzene rings is 1. The summed E-state index contributed by atoms with van der Waals surface area (Å²) in [6.45, 7) is 0.560. The molecular weight excluding hydrogens is 355 g/mol. The van der Waals surface area contributed by atoms with Gasteiger partial charge in [0, 0.05) is 14.9 Å². The predicted molar refractivity (Wildman–Crippen MR) is 85.5 cm³/mol. The minimum absolute atomic E-state index is 0.164. The van der Waals surface area contributed by atoms with Crippen molar-refractivity contribution in [1.29, 1.82) is 0 Å². The van der Waals surface area contributed by atoms with Gasteiger partial charge in [-0.05, 0) is 45.6 Å². The van der Waals surface area contributed by atoms with Crippen LogP contribution < -0.4 is 11.1 Å². The third kappa shape index (κ3) is 4.14. The fraction of sp³-hybridized carbons (Fsp3) is 0.133. The van der Waals surface area contributed by atoms with Crippen molar-refractivity contribution in [3.05, 3.63) is 55.9 Å². The molecule has 3 nitrogen and oxygen atoms in total. The number of nitrogens with two attached hydrogens (primary N) is 1. The normalized spacial score (nSPS) is 9.86. The molecule has 0 bridgehead atoms. The molecule has 0 radical (unpaired) electrons. The predicted octanol–water partition coefficient (Wildman–Crippen LogP) is 2.89. The van der Waals surface area contributed by atoms with E-state index in [1.54, 1.807) is 6.07 Å². The lowest BCUT2D eigenvalue weighted by atomic mass is 10.1. The first-order chi connectivity index (χ1) is 10.1. The van der Waals surface area contributed by atoms with Crippen LogP contribution in [0.4, 0.5) is 4.39 Å². The number of thiophene rings is 1. The Labute approximate surface area is 134 Å². The van der Waals surface area contributed by atoms with Gasteiger partial charge in [-0.3, -0.25) is 4.79 Å². The van der Waals surface area contributed by atoms with Gasteiger partial charge in [0.05, 0.1) is 18.7 Å². The van der Waals surface area contributed by atoms with Crippen LogP contribution in [0.2, 0.25) is 0 Å². The number of halogens is 2. The van der Waals surface area contributed by atoms with E-state index in [9.17, 15) is 9.18 Å². The van der Waals surface area contributed by atoms with Crippen LogP contribution in [-0.4, -0.2) is 12.5 Å². The summed E-state index contributed by atoms with van der Waals surface area (Å²) >= 11 is 4.93. The Hall–Kier alpha value is -1.68. The van der Waals surface area contributed by atoms with E-state index in [1.165, 1.54) is 23.5 Å². The average Bonchev–Trinajstić information content (AvgIpc) is 2.88. The maximum absolute atomic E-state index is 13.8. The minimum Gasteiger partial charge on any atom is -0.347 e. The number of hydrogen-bond donors (Lipinski definition) is 2. The Kier molecular flexibility index (Phi) is 5.51. The van der Waals surface area contributed by atoms with Gasteiger partial charge in [-0.1, -0.05) is 11.8 Å². The van der Waals surface area contributed by atoms with Gasteiger partial charge in [-0.25, -0.2) is 4.39 Å². The molecule has 21 heavy (non-hydrogen) atoms. The van der Waals surface area contributed by atoms with Gasteiger partial charge in [0.1, 0.15) is 5.82 Å². The SMILES string of the molecule is NCC#Cc1ccc(C(=O)NCc2sccc2Br)cc1F. The summed E-state index contributed by atoms with van der Waals surface area (Å²) in [6, 6.07) is 6.12. The van der Waals surface area contributed by atoms with E-state index in [4.69, 9.17) is 5.73 Å². The zero-order valence-corrected chi connectivity index (χ0v) is 13.4. The van der Waals surface area contributed by atoms with Gasteiger partial charge < -0.3 is 11.1 Å². The highest BCUT2D eigenvalue weighted by Crippen LogP contribution is 2.22. The van der Waals surface area contributed by atoms with Crippen molar-refractivity contribution >= 4 is 33.2 Å². The van der Waals surface area contributed by atoms with Crippen LogP contribution in [0.25, 0.3) is 0 Å². The number of nitrogens with one attached hydrogen (secondary N) is 1. The molecular formula is C15H12BrFN2OS. The Bertz CT molecular complexity index is 718.